The molecule has 33 heavy (non-hydrogen) atoms. The molecular formula is C21H17N9O2S. The second-order valence-corrected chi connectivity index (χ2v) is 8.75. The number of H-pyrrole nitrogens is 2. The SMILES string of the molecule is Cn1c2nc(C(C(N)=O)c3cc[nH]n3)sc2c2cnn(Cc3cccc4[nH]ncc34)c(=O)c21. The molecule has 0 fully saturated rings. The first-order chi connectivity index (χ1) is 16.0. The molecule has 0 saturated heterocycles. The van der Waals surface area contributed by atoms with E-state index in [-0.39, 0.29) is 5.56 Å². The fraction of sp³-hybridized carbons (Fsp3) is 0.143. The van der Waals surface area contributed by atoms with E-state index in [0.29, 0.717) is 33.8 Å². The van der Waals surface area contributed by atoms with Crippen LogP contribution in [0.5, 0.6) is 0 Å². The minimum atomic E-state index is -0.771. The highest BCUT2D eigenvalue weighted by Gasteiger charge is 2.28. The van der Waals surface area contributed by atoms with Crippen LogP contribution in [0.25, 0.3) is 32.2 Å². The van der Waals surface area contributed by atoms with Gasteiger partial charge in [-0.2, -0.15) is 15.3 Å². The number of aromatic amines is 2. The van der Waals surface area contributed by atoms with Gasteiger partial charge in [-0.3, -0.25) is 19.8 Å². The van der Waals surface area contributed by atoms with Crippen LogP contribution in [0.1, 0.15) is 22.2 Å². The number of amides is 1. The minimum absolute atomic E-state index is 0.221. The van der Waals surface area contributed by atoms with Crippen molar-refractivity contribution in [2.45, 2.75) is 12.5 Å². The summed E-state index contributed by atoms with van der Waals surface area (Å²) in [6.07, 6.45) is 5.04. The number of fused-ring (bicyclic) bond motifs is 4. The quantitative estimate of drug-likeness (QED) is 0.356. The molecule has 1 amide bonds. The third-order valence-corrected chi connectivity index (χ3v) is 6.93. The first-order valence-electron chi connectivity index (χ1n) is 10.1. The fourth-order valence-corrected chi connectivity index (χ4v) is 5.43. The molecule has 6 aromatic rings. The number of nitrogens with two attached hydrogens (primary N) is 1. The highest BCUT2D eigenvalue weighted by molar-refractivity contribution is 7.19. The Bertz CT molecular complexity index is 1720. The van der Waals surface area contributed by atoms with Gasteiger partial charge in [0.2, 0.25) is 5.91 Å². The zero-order chi connectivity index (χ0) is 22.7. The second kappa shape index (κ2) is 7.10. The smallest absolute Gasteiger partial charge is 0.291 e. The van der Waals surface area contributed by atoms with Gasteiger partial charge in [0, 0.05) is 24.0 Å². The van der Waals surface area contributed by atoms with E-state index >= 15 is 0 Å². The van der Waals surface area contributed by atoms with Crippen LogP contribution in [-0.2, 0) is 18.4 Å². The van der Waals surface area contributed by atoms with Crippen molar-refractivity contribution in [2.75, 3.05) is 0 Å². The molecule has 0 radical (unpaired) electrons. The Labute approximate surface area is 188 Å². The van der Waals surface area contributed by atoms with Crippen molar-refractivity contribution < 1.29 is 4.79 Å². The van der Waals surface area contributed by atoms with Crippen LogP contribution >= 0.6 is 11.3 Å². The number of carbonyl (C=O) groups excluding carboxylic acids is 1. The van der Waals surface area contributed by atoms with E-state index in [9.17, 15) is 9.59 Å². The molecule has 6 rings (SSSR count). The van der Waals surface area contributed by atoms with Crippen LogP contribution in [0.2, 0.25) is 0 Å². The van der Waals surface area contributed by atoms with Crippen LogP contribution < -0.4 is 11.3 Å². The molecule has 0 saturated carbocycles. The molecule has 0 aliphatic heterocycles. The number of benzene rings is 1. The fourth-order valence-electron chi connectivity index (χ4n) is 4.20. The zero-order valence-corrected chi connectivity index (χ0v) is 18.1. The third-order valence-electron chi connectivity index (χ3n) is 5.79. The van der Waals surface area contributed by atoms with Crippen LogP contribution in [0.3, 0.4) is 0 Å². The second-order valence-electron chi connectivity index (χ2n) is 7.72. The monoisotopic (exact) mass is 459 g/mol. The van der Waals surface area contributed by atoms with Crippen LogP contribution in [-0.4, -0.2) is 45.6 Å². The number of aryl methyl sites for hydroxylation is 1. The molecule has 5 heterocycles. The number of rotatable bonds is 5. The molecule has 11 nitrogen and oxygen atoms in total. The maximum absolute atomic E-state index is 13.4. The van der Waals surface area contributed by atoms with Crippen LogP contribution in [0.4, 0.5) is 0 Å². The molecule has 1 unspecified atom stereocenters. The minimum Gasteiger partial charge on any atom is -0.369 e. The highest BCUT2D eigenvalue weighted by atomic mass is 32.1. The molecule has 1 atom stereocenters. The lowest BCUT2D eigenvalue weighted by Gasteiger charge is -2.08. The summed E-state index contributed by atoms with van der Waals surface area (Å²) in [5, 5.41) is 20.4. The normalized spacial score (nSPS) is 12.8. The Morgan fingerprint density at radius 1 is 1.24 bits per heavy atom. The van der Waals surface area contributed by atoms with Gasteiger partial charge < -0.3 is 10.3 Å². The summed E-state index contributed by atoms with van der Waals surface area (Å²) in [7, 11) is 1.78. The molecule has 4 N–H and O–H groups in total. The molecule has 0 aliphatic carbocycles. The average molecular weight is 459 g/mol. The molecule has 1 aromatic carbocycles. The van der Waals surface area contributed by atoms with Gasteiger partial charge in [0.25, 0.3) is 5.56 Å². The molecule has 0 bridgehead atoms. The first-order valence-corrected chi connectivity index (χ1v) is 10.9. The van der Waals surface area contributed by atoms with Gasteiger partial charge in [0.05, 0.1) is 34.8 Å². The van der Waals surface area contributed by atoms with E-state index in [4.69, 9.17) is 5.73 Å². The summed E-state index contributed by atoms with van der Waals surface area (Å²) in [4.78, 5) is 30.2. The topological polar surface area (TPSA) is 153 Å². The number of thiazole rings is 1. The summed E-state index contributed by atoms with van der Waals surface area (Å²) in [6, 6.07) is 7.49. The molecule has 12 heteroatoms. The lowest BCUT2D eigenvalue weighted by atomic mass is 10.1. The number of nitrogens with one attached hydrogen (secondary N) is 2. The van der Waals surface area contributed by atoms with Crippen molar-refractivity contribution in [1.29, 1.82) is 0 Å². The summed E-state index contributed by atoms with van der Waals surface area (Å²) in [6.45, 7) is 0.312. The number of hydrogen-bond acceptors (Lipinski definition) is 7. The lowest BCUT2D eigenvalue weighted by Crippen LogP contribution is -2.24. The Morgan fingerprint density at radius 2 is 2.12 bits per heavy atom. The predicted octanol–water partition coefficient (Wildman–Crippen LogP) is 1.61. The first kappa shape index (κ1) is 19.4. The van der Waals surface area contributed by atoms with Crippen LogP contribution in [0, 0.1) is 0 Å². The molecule has 0 spiro atoms. The standard InChI is InChI=1S/C21H17N9O2S/c1-29-16-12(17-19(29)26-20(33-17)15(18(22)31)14-5-6-23-28-14)8-25-30(21(16)32)9-10-3-2-4-13-11(10)7-24-27-13/h2-8,15H,9H2,1H3,(H2,22,31)(H,23,28)(H,24,27). The summed E-state index contributed by atoms with van der Waals surface area (Å²) < 4.78 is 3.95. The maximum atomic E-state index is 13.4. The van der Waals surface area contributed by atoms with Gasteiger partial charge >= 0.3 is 0 Å². The van der Waals surface area contributed by atoms with Crippen molar-refractivity contribution in [1.82, 2.24) is 39.7 Å². The Balaban J connectivity index is 1.48. The number of primary amides is 1. The Morgan fingerprint density at radius 3 is 2.91 bits per heavy atom. The van der Waals surface area contributed by atoms with Crippen molar-refractivity contribution >= 4 is 49.4 Å². The Hall–Kier alpha value is -4.32. The molecular weight excluding hydrogens is 442 g/mol. The number of aromatic nitrogens is 8. The number of hydrogen-bond donors (Lipinski definition) is 3. The van der Waals surface area contributed by atoms with Crippen LogP contribution in [0.15, 0.2) is 47.7 Å². The molecule has 164 valence electrons. The molecule has 0 aliphatic rings. The number of nitrogens with zero attached hydrogens (tertiary/aromatic N) is 6. The summed E-state index contributed by atoms with van der Waals surface area (Å²) in [5.74, 6) is -1.31. The van der Waals surface area contributed by atoms with E-state index in [1.807, 2.05) is 18.2 Å². The largest absolute Gasteiger partial charge is 0.369 e. The summed E-state index contributed by atoms with van der Waals surface area (Å²) in [5.41, 5.74) is 8.86. The third kappa shape index (κ3) is 2.88. The zero-order valence-electron chi connectivity index (χ0n) is 17.3. The van der Waals surface area contributed by atoms with E-state index in [1.165, 1.54) is 16.0 Å². The van der Waals surface area contributed by atoms with Crippen molar-refractivity contribution in [3.63, 3.8) is 0 Å². The van der Waals surface area contributed by atoms with Gasteiger partial charge in [-0.05, 0) is 17.7 Å². The van der Waals surface area contributed by atoms with E-state index in [2.05, 4.69) is 30.5 Å². The predicted molar refractivity (Wildman–Crippen MR) is 123 cm³/mol. The van der Waals surface area contributed by atoms with Gasteiger partial charge in [-0.1, -0.05) is 12.1 Å². The van der Waals surface area contributed by atoms with Crippen molar-refractivity contribution in [3.05, 3.63) is 69.5 Å². The van der Waals surface area contributed by atoms with E-state index in [1.54, 1.807) is 36.3 Å². The van der Waals surface area contributed by atoms with Gasteiger partial charge in [0.15, 0.2) is 5.65 Å². The highest BCUT2D eigenvalue weighted by Crippen LogP contribution is 2.35. The summed E-state index contributed by atoms with van der Waals surface area (Å²) >= 11 is 1.32. The van der Waals surface area contributed by atoms with E-state index < -0.39 is 11.8 Å². The Kier molecular flexibility index (Phi) is 4.17. The maximum Gasteiger partial charge on any atom is 0.291 e. The average Bonchev–Trinajstić information content (AvgIpc) is 3.57. The van der Waals surface area contributed by atoms with Crippen molar-refractivity contribution in [3.8, 4) is 0 Å². The van der Waals surface area contributed by atoms with Gasteiger partial charge in [-0.15, -0.1) is 11.3 Å². The number of carbonyl (C=O) groups is 1. The van der Waals surface area contributed by atoms with Crippen molar-refractivity contribution in [2.24, 2.45) is 12.8 Å². The lowest BCUT2D eigenvalue weighted by molar-refractivity contribution is -0.118. The van der Waals surface area contributed by atoms with E-state index in [0.717, 1.165) is 21.2 Å². The molecule has 5 aromatic heterocycles. The van der Waals surface area contributed by atoms with Gasteiger partial charge in [-0.25, -0.2) is 9.67 Å². The van der Waals surface area contributed by atoms with Gasteiger partial charge in [0.1, 0.15) is 16.4 Å².